The van der Waals surface area contributed by atoms with Crippen LogP contribution in [0, 0.1) is 6.92 Å². The minimum atomic E-state index is -0.105. The van der Waals surface area contributed by atoms with E-state index in [-0.39, 0.29) is 5.56 Å². The molecule has 0 atom stereocenters. The van der Waals surface area contributed by atoms with Crippen molar-refractivity contribution in [2.75, 3.05) is 7.11 Å². The van der Waals surface area contributed by atoms with E-state index in [2.05, 4.69) is 15.0 Å². The number of nitrogens with zero attached hydrogens (tertiary/aromatic N) is 2. The Labute approximate surface area is 92.2 Å². The van der Waals surface area contributed by atoms with Gasteiger partial charge in [-0.3, -0.25) is 4.79 Å². The smallest absolute Gasteiger partial charge is 0.250 e. The van der Waals surface area contributed by atoms with Crippen molar-refractivity contribution in [3.8, 4) is 17.1 Å². The monoisotopic (exact) mass is 217 g/mol. The van der Waals surface area contributed by atoms with Gasteiger partial charge in [0.05, 0.1) is 7.11 Å². The predicted molar refractivity (Wildman–Crippen MR) is 59.4 cm³/mol. The largest absolute Gasteiger partial charge is 0.479 e. The Hall–Kier alpha value is -2.17. The van der Waals surface area contributed by atoms with E-state index in [1.165, 1.54) is 7.11 Å². The molecular formula is C11H11N3O2. The standard InChI is InChI=1S/C11H11N3O2/c1-7-5-8(6-14-10(7)15)9-11(16-2)13-4-3-12-9/h3-6H,1-2H3,(H,14,15). The molecule has 1 N–H and O–H groups in total. The summed E-state index contributed by atoms with van der Waals surface area (Å²) in [6.45, 7) is 1.74. The third kappa shape index (κ3) is 1.79. The first-order chi connectivity index (χ1) is 7.72. The molecule has 2 rings (SSSR count). The lowest BCUT2D eigenvalue weighted by atomic mass is 10.1. The first-order valence-corrected chi connectivity index (χ1v) is 4.77. The van der Waals surface area contributed by atoms with Crippen molar-refractivity contribution in [3.05, 3.63) is 40.6 Å². The maximum Gasteiger partial charge on any atom is 0.250 e. The molecule has 0 radical (unpaired) electrons. The molecule has 16 heavy (non-hydrogen) atoms. The third-order valence-electron chi connectivity index (χ3n) is 2.22. The van der Waals surface area contributed by atoms with E-state index in [1.807, 2.05) is 0 Å². The van der Waals surface area contributed by atoms with Crippen molar-refractivity contribution in [3.63, 3.8) is 0 Å². The van der Waals surface area contributed by atoms with Gasteiger partial charge in [0, 0.05) is 29.7 Å². The second kappa shape index (κ2) is 4.14. The van der Waals surface area contributed by atoms with Crippen LogP contribution in [-0.4, -0.2) is 22.1 Å². The highest BCUT2D eigenvalue weighted by Gasteiger charge is 2.08. The van der Waals surface area contributed by atoms with Gasteiger partial charge in [-0.15, -0.1) is 0 Å². The quantitative estimate of drug-likeness (QED) is 0.819. The van der Waals surface area contributed by atoms with Gasteiger partial charge in [-0.05, 0) is 13.0 Å². The Bertz CT molecular complexity index is 563. The van der Waals surface area contributed by atoms with Gasteiger partial charge >= 0.3 is 0 Å². The molecule has 2 aromatic rings. The van der Waals surface area contributed by atoms with Gasteiger partial charge in [0.25, 0.3) is 5.56 Å². The lowest BCUT2D eigenvalue weighted by Crippen LogP contribution is -2.08. The molecule has 0 amide bonds. The molecule has 0 aromatic carbocycles. The van der Waals surface area contributed by atoms with Crippen molar-refractivity contribution < 1.29 is 4.74 Å². The summed E-state index contributed by atoms with van der Waals surface area (Å²) >= 11 is 0. The normalized spacial score (nSPS) is 10.1. The van der Waals surface area contributed by atoms with Crippen LogP contribution < -0.4 is 10.3 Å². The Morgan fingerprint density at radius 2 is 2.06 bits per heavy atom. The van der Waals surface area contributed by atoms with Crippen LogP contribution in [-0.2, 0) is 0 Å². The highest BCUT2D eigenvalue weighted by atomic mass is 16.5. The van der Waals surface area contributed by atoms with Crippen LogP contribution >= 0.6 is 0 Å². The Morgan fingerprint density at radius 1 is 1.31 bits per heavy atom. The minimum Gasteiger partial charge on any atom is -0.479 e. The van der Waals surface area contributed by atoms with Crippen LogP contribution in [0.5, 0.6) is 5.88 Å². The number of rotatable bonds is 2. The summed E-state index contributed by atoms with van der Waals surface area (Å²) in [5.41, 5.74) is 1.92. The maximum absolute atomic E-state index is 11.2. The highest BCUT2D eigenvalue weighted by Crippen LogP contribution is 2.23. The number of methoxy groups -OCH3 is 1. The van der Waals surface area contributed by atoms with Crippen LogP contribution in [0.3, 0.4) is 0 Å². The van der Waals surface area contributed by atoms with Gasteiger partial charge in [0.15, 0.2) is 0 Å². The lowest BCUT2D eigenvalue weighted by molar-refractivity contribution is 0.397. The van der Waals surface area contributed by atoms with Gasteiger partial charge in [0.1, 0.15) is 5.69 Å². The molecule has 0 spiro atoms. The number of hydrogen-bond acceptors (Lipinski definition) is 4. The molecule has 5 heteroatoms. The van der Waals surface area contributed by atoms with Crippen molar-refractivity contribution in [1.82, 2.24) is 15.0 Å². The summed E-state index contributed by atoms with van der Waals surface area (Å²) in [4.78, 5) is 22.1. The first-order valence-electron chi connectivity index (χ1n) is 4.77. The lowest BCUT2D eigenvalue weighted by Gasteiger charge is -2.05. The number of H-pyrrole nitrogens is 1. The van der Waals surface area contributed by atoms with Gasteiger partial charge in [-0.25, -0.2) is 9.97 Å². The molecule has 5 nitrogen and oxygen atoms in total. The predicted octanol–water partition coefficient (Wildman–Crippen LogP) is 1.15. The van der Waals surface area contributed by atoms with E-state index < -0.39 is 0 Å². The molecule has 0 saturated carbocycles. The zero-order chi connectivity index (χ0) is 11.5. The number of aromatic amines is 1. The van der Waals surface area contributed by atoms with Crippen LogP contribution in [0.4, 0.5) is 0 Å². The van der Waals surface area contributed by atoms with Crippen molar-refractivity contribution in [2.45, 2.75) is 6.92 Å². The zero-order valence-corrected chi connectivity index (χ0v) is 9.02. The molecule has 82 valence electrons. The summed E-state index contributed by atoms with van der Waals surface area (Å²) in [5.74, 6) is 0.439. The van der Waals surface area contributed by atoms with Crippen molar-refractivity contribution >= 4 is 0 Å². The number of aromatic nitrogens is 3. The number of pyridine rings is 1. The number of aryl methyl sites for hydroxylation is 1. The van der Waals surface area contributed by atoms with Gasteiger partial charge in [-0.1, -0.05) is 0 Å². The Morgan fingerprint density at radius 3 is 2.75 bits per heavy atom. The number of ether oxygens (including phenoxy) is 1. The molecule has 2 aromatic heterocycles. The summed E-state index contributed by atoms with van der Waals surface area (Å²) in [7, 11) is 1.53. The van der Waals surface area contributed by atoms with Crippen LogP contribution in [0.1, 0.15) is 5.56 Å². The molecule has 0 aliphatic heterocycles. The molecule has 0 bridgehead atoms. The summed E-state index contributed by atoms with van der Waals surface area (Å²) in [5, 5.41) is 0. The molecule has 0 unspecified atom stereocenters. The fourth-order valence-corrected chi connectivity index (χ4v) is 1.41. The molecular weight excluding hydrogens is 206 g/mol. The average Bonchev–Trinajstić information content (AvgIpc) is 2.32. The third-order valence-corrected chi connectivity index (χ3v) is 2.22. The summed E-state index contributed by atoms with van der Waals surface area (Å²) in [6, 6.07) is 1.76. The van der Waals surface area contributed by atoms with Gasteiger partial charge < -0.3 is 9.72 Å². The summed E-state index contributed by atoms with van der Waals surface area (Å²) in [6.07, 6.45) is 4.74. The molecule has 0 saturated heterocycles. The fraction of sp³-hybridized carbons (Fsp3) is 0.182. The van der Waals surface area contributed by atoms with Crippen molar-refractivity contribution in [1.29, 1.82) is 0 Å². The second-order valence-corrected chi connectivity index (χ2v) is 3.31. The average molecular weight is 217 g/mol. The first kappa shape index (κ1) is 10.4. The molecule has 0 aliphatic carbocycles. The Kier molecular flexibility index (Phi) is 2.68. The SMILES string of the molecule is COc1nccnc1-c1c[nH]c(=O)c(C)c1. The summed E-state index contributed by atoms with van der Waals surface area (Å²) < 4.78 is 5.10. The van der Waals surface area contributed by atoms with E-state index in [0.717, 1.165) is 5.56 Å². The van der Waals surface area contributed by atoms with Crippen LogP contribution in [0.25, 0.3) is 11.3 Å². The number of nitrogens with one attached hydrogen (secondary N) is 1. The van der Waals surface area contributed by atoms with E-state index in [1.54, 1.807) is 31.6 Å². The molecule has 0 fully saturated rings. The van der Waals surface area contributed by atoms with Gasteiger partial charge in [-0.2, -0.15) is 0 Å². The maximum atomic E-state index is 11.2. The minimum absolute atomic E-state index is 0.105. The van der Waals surface area contributed by atoms with E-state index in [9.17, 15) is 4.79 Å². The second-order valence-electron chi connectivity index (χ2n) is 3.31. The topological polar surface area (TPSA) is 67.9 Å². The van der Waals surface area contributed by atoms with E-state index >= 15 is 0 Å². The Balaban J connectivity index is 2.58. The van der Waals surface area contributed by atoms with Crippen LogP contribution in [0.15, 0.2) is 29.5 Å². The van der Waals surface area contributed by atoms with E-state index in [0.29, 0.717) is 17.1 Å². The highest BCUT2D eigenvalue weighted by molar-refractivity contribution is 5.63. The van der Waals surface area contributed by atoms with Gasteiger partial charge in [0.2, 0.25) is 5.88 Å². The van der Waals surface area contributed by atoms with Crippen LogP contribution in [0.2, 0.25) is 0 Å². The molecule has 0 aliphatic rings. The van der Waals surface area contributed by atoms with E-state index in [4.69, 9.17) is 4.74 Å². The fourth-order valence-electron chi connectivity index (χ4n) is 1.41. The number of hydrogen-bond donors (Lipinski definition) is 1. The molecule has 2 heterocycles. The van der Waals surface area contributed by atoms with Crippen molar-refractivity contribution in [2.24, 2.45) is 0 Å². The zero-order valence-electron chi connectivity index (χ0n) is 9.02.